The fourth-order valence-electron chi connectivity index (χ4n) is 11.4. The number of aliphatic hydroxyl groups is 3. The summed E-state index contributed by atoms with van der Waals surface area (Å²) < 4.78 is 30.6. The quantitative estimate of drug-likeness (QED) is 0.385. The molecule has 10 nitrogen and oxygen atoms in total. The van der Waals surface area contributed by atoms with Gasteiger partial charge in [0.05, 0.1) is 30.5 Å². The van der Waals surface area contributed by atoms with Gasteiger partial charge in [-0.15, -0.1) is 0 Å². The Morgan fingerprint density at radius 2 is 1.76 bits per heavy atom. The van der Waals surface area contributed by atoms with Crippen molar-refractivity contribution in [1.29, 1.82) is 0 Å². The summed E-state index contributed by atoms with van der Waals surface area (Å²) in [6.45, 7) is 5.12. The molecule has 10 heteroatoms. The lowest BCUT2D eigenvalue weighted by Gasteiger charge is -2.70. The number of hydrogen-bond donors (Lipinski definition) is 3. The third-order valence-electron chi connectivity index (χ3n) is 11.8. The lowest BCUT2D eigenvalue weighted by Crippen LogP contribution is -2.79. The highest BCUT2D eigenvalue weighted by molar-refractivity contribution is 5.67. The van der Waals surface area contributed by atoms with E-state index in [0.29, 0.717) is 39.0 Å². The molecule has 1 saturated heterocycles. The van der Waals surface area contributed by atoms with Crippen molar-refractivity contribution in [3.8, 4) is 0 Å². The molecule has 1 spiro atoms. The van der Waals surface area contributed by atoms with Gasteiger partial charge < -0.3 is 39.0 Å². The molecule has 0 aromatic rings. The smallest absolute Gasteiger partial charge is 0.303 e. The summed E-state index contributed by atoms with van der Waals surface area (Å²) in [5.41, 5.74) is -3.73. The first-order valence-corrected chi connectivity index (χ1v) is 13.7. The largest absolute Gasteiger partial charge is 0.456 e. The molecule has 0 aromatic heterocycles. The third-order valence-corrected chi connectivity index (χ3v) is 11.8. The van der Waals surface area contributed by atoms with E-state index in [2.05, 4.69) is 11.8 Å². The van der Waals surface area contributed by atoms with Gasteiger partial charge in [0.2, 0.25) is 0 Å². The van der Waals surface area contributed by atoms with E-state index in [0.717, 1.165) is 0 Å². The molecule has 210 valence electrons. The van der Waals surface area contributed by atoms with Crippen molar-refractivity contribution in [2.75, 3.05) is 48.1 Å². The van der Waals surface area contributed by atoms with Crippen LogP contribution in [-0.2, 0) is 28.5 Å². The zero-order chi connectivity index (χ0) is 26.7. The Morgan fingerprint density at radius 1 is 1.05 bits per heavy atom. The molecule has 0 aromatic carbocycles. The molecule has 5 aliphatic carbocycles. The van der Waals surface area contributed by atoms with Gasteiger partial charge >= 0.3 is 5.97 Å². The van der Waals surface area contributed by atoms with Gasteiger partial charge in [0.25, 0.3) is 0 Å². The van der Waals surface area contributed by atoms with Crippen molar-refractivity contribution in [3.05, 3.63) is 0 Å². The molecule has 6 fully saturated rings. The van der Waals surface area contributed by atoms with Gasteiger partial charge in [-0.3, -0.25) is 9.69 Å². The molecule has 1 aliphatic heterocycles. The lowest BCUT2D eigenvalue weighted by molar-refractivity contribution is -0.306. The molecule has 0 radical (unpaired) electrons. The Labute approximate surface area is 218 Å². The van der Waals surface area contributed by atoms with E-state index in [1.165, 1.54) is 14.0 Å². The second kappa shape index (κ2) is 8.33. The van der Waals surface area contributed by atoms with Crippen LogP contribution in [0.25, 0.3) is 0 Å². The first-order valence-electron chi connectivity index (χ1n) is 13.7. The van der Waals surface area contributed by atoms with Gasteiger partial charge in [-0.05, 0) is 25.3 Å². The summed E-state index contributed by atoms with van der Waals surface area (Å²) in [6.07, 6.45) is -2.38. The maximum absolute atomic E-state index is 12.8. The zero-order valence-corrected chi connectivity index (χ0v) is 22.8. The Bertz CT molecular complexity index is 951. The van der Waals surface area contributed by atoms with Crippen molar-refractivity contribution in [2.24, 2.45) is 34.5 Å². The average molecular weight is 526 g/mol. The molecular weight excluding hydrogens is 482 g/mol. The molecule has 37 heavy (non-hydrogen) atoms. The number of esters is 1. The topological polar surface area (TPSA) is 127 Å². The zero-order valence-electron chi connectivity index (χ0n) is 22.8. The highest BCUT2D eigenvalue weighted by Gasteiger charge is 2.90. The number of hydrogen-bond acceptors (Lipinski definition) is 10. The van der Waals surface area contributed by atoms with Crippen LogP contribution >= 0.6 is 0 Å². The molecule has 1 heterocycles. The third kappa shape index (κ3) is 2.72. The maximum atomic E-state index is 12.8. The number of ether oxygens (including phenoxy) is 5. The van der Waals surface area contributed by atoms with Crippen LogP contribution in [0.2, 0.25) is 0 Å². The SMILES string of the molecule is CCN1CC2(COC)C3C(OC)C4C1C3([C@@H](OC)C[C@H]2O)[C@H]1C[C@@]2(O)CC1[C@]4(OC(C)=O)[C@@H](O)[C@@H]2OC. The summed E-state index contributed by atoms with van der Waals surface area (Å²) >= 11 is 0. The fourth-order valence-corrected chi connectivity index (χ4v) is 11.4. The van der Waals surface area contributed by atoms with Gasteiger partial charge in [-0.1, -0.05) is 6.92 Å². The van der Waals surface area contributed by atoms with Crippen LogP contribution in [0.4, 0.5) is 0 Å². The van der Waals surface area contributed by atoms with E-state index >= 15 is 0 Å². The standard InChI is InChI=1S/C27H43NO9/c1-7-28-11-24(12-33-3)16(30)8-17(34-4)26-14-9-25(32)10-15(14)27(37-13(2)29,22(31)23(25)36-6)18(21(26)28)19(35-5)20(24)26/h14-23,30-32H,7-12H2,1-6H3/t14-,15?,16+,17-,18?,19?,20?,21?,22-,23-,24?,25+,26?,27+/m0/s1. The van der Waals surface area contributed by atoms with E-state index in [4.69, 9.17) is 23.7 Å². The Hall–Kier alpha value is -0.850. The van der Waals surface area contributed by atoms with Crippen LogP contribution in [0.1, 0.15) is 33.1 Å². The summed E-state index contributed by atoms with van der Waals surface area (Å²) in [6, 6.07) is -0.150. The first kappa shape index (κ1) is 26.4. The van der Waals surface area contributed by atoms with Crippen LogP contribution in [0.15, 0.2) is 0 Å². The van der Waals surface area contributed by atoms with Crippen LogP contribution in [0.3, 0.4) is 0 Å². The van der Waals surface area contributed by atoms with E-state index in [1.807, 2.05) is 0 Å². The summed E-state index contributed by atoms with van der Waals surface area (Å²) in [5.74, 6) is -1.53. The average Bonchev–Trinajstić information content (AvgIpc) is 3.29. The fraction of sp³-hybridized carbons (Fsp3) is 0.963. The van der Waals surface area contributed by atoms with Crippen molar-refractivity contribution in [3.63, 3.8) is 0 Å². The highest BCUT2D eigenvalue weighted by atomic mass is 16.6. The highest BCUT2D eigenvalue weighted by Crippen LogP contribution is 2.80. The van der Waals surface area contributed by atoms with E-state index < -0.39 is 58.3 Å². The van der Waals surface area contributed by atoms with Crippen molar-refractivity contribution in [1.82, 2.24) is 4.90 Å². The number of methoxy groups -OCH3 is 4. The predicted molar refractivity (Wildman–Crippen MR) is 129 cm³/mol. The number of rotatable bonds is 7. The van der Waals surface area contributed by atoms with Crippen LogP contribution < -0.4 is 0 Å². The molecule has 6 rings (SSSR count). The second-order valence-corrected chi connectivity index (χ2v) is 12.6. The number of carbonyl (C=O) groups is 1. The van der Waals surface area contributed by atoms with Gasteiger partial charge in [-0.2, -0.15) is 0 Å². The lowest BCUT2D eigenvalue weighted by atomic mass is 9.42. The van der Waals surface area contributed by atoms with E-state index in [1.54, 1.807) is 21.3 Å². The molecule has 7 unspecified atom stereocenters. The van der Waals surface area contributed by atoms with Gasteiger partial charge in [-0.25, -0.2) is 0 Å². The van der Waals surface area contributed by atoms with Gasteiger partial charge in [0, 0.05) is 83.0 Å². The minimum Gasteiger partial charge on any atom is -0.456 e. The van der Waals surface area contributed by atoms with Gasteiger partial charge in [0.15, 0.2) is 5.60 Å². The summed E-state index contributed by atoms with van der Waals surface area (Å²) in [5, 5.41) is 35.8. The number of likely N-dealkylation sites (tertiary alicyclic amines) is 1. The Balaban J connectivity index is 1.69. The van der Waals surface area contributed by atoms with Crippen LogP contribution in [0, 0.1) is 34.5 Å². The Morgan fingerprint density at radius 3 is 2.32 bits per heavy atom. The minimum absolute atomic E-state index is 0.150. The molecule has 7 bridgehead atoms. The van der Waals surface area contributed by atoms with E-state index in [9.17, 15) is 20.1 Å². The van der Waals surface area contributed by atoms with Crippen LogP contribution in [-0.4, -0.2) is 122 Å². The molecule has 3 N–H and O–H groups in total. The van der Waals surface area contributed by atoms with Crippen molar-refractivity contribution < 1.29 is 43.8 Å². The molecule has 0 amide bonds. The van der Waals surface area contributed by atoms with Crippen molar-refractivity contribution >= 4 is 5.97 Å². The van der Waals surface area contributed by atoms with Gasteiger partial charge in [0.1, 0.15) is 12.2 Å². The normalized spacial score (nSPS) is 57.4. The maximum Gasteiger partial charge on any atom is 0.303 e. The minimum atomic E-state index is -1.31. The molecular formula is C27H43NO9. The number of fused-ring (bicyclic) bond motifs is 2. The van der Waals surface area contributed by atoms with Crippen LogP contribution in [0.5, 0.6) is 0 Å². The summed E-state index contributed by atoms with van der Waals surface area (Å²) in [7, 11) is 6.54. The Kier molecular flexibility index (Phi) is 5.94. The number of carbonyl (C=O) groups excluding carboxylic acids is 1. The molecule has 14 atom stereocenters. The number of aliphatic hydroxyl groups excluding tert-OH is 2. The van der Waals surface area contributed by atoms with Crippen molar-refractivity contribution in [2.45, 2.75) is 80.9 Å². The summed E-state index contributed by atoms with van der Waals surface area (Å²) in [4.78, 5) is 15.2. The predicted octanol–water partition coefficient (Wildman–Crippen LogP) is -0.187. The number of nitrogens with zero attached hydrogens (tertiary/aromatic N) is 1. The molecule has 6 aliphatic rings. The second-order valence-electron chi connectivity index (χ2n) is 12.6. The number of piperidine rings is 1. The molecule has 5 saturated carbocycles. The van der Waals surface area contributed by atoms with E-state index in [-0.39, 0.29) is 29.9 Å². The first-order chi connectivity index (χ1) is 17.6. The monoisotopic (exact) mass is 525 g/mol.